The highest BCUT2D eigenvalue weighted by Gasteiger charge is 2.20. The van der Waals surface area contributed by atoms with Gasteiger partial charge in [0.1, 0.15) is 0 Å². The van der Waals surface area contributed by atoms with E-state index in [1.165, 1.54) is 11.6 Å². The Morgan fingerprint density at radius 1 is 1.27 bits per heavy atom. The van der Waals surface area contributed by atoms with Gasteiger partial charge in [0, 0.05) is 19.1 Å². The summed E-state index contributed by atoms with van der Waals surface area (Å²) in [4.78, 5) is 40.4. The van der Waals surface area contributed by atoms with E-state index in [4.69, 9.17) is 17.3 Å². The molecule has 10 heteroatoms. The Hall–Kier alpha value is -2.52. The van der Waals surface area contributed by atoms with E-state index in [0.717, 1.165) is 21.9 Å². The number of carbonyl (C=O) groups excluding carboxylic acids is 1. The molecule has 3 rings (SSSR count). The predicted molar refractivity (Wildman–Crippen MR) is 101 cm³/mol. The minimum atomic E-state index is -0.502. The Balaban J connectivity index is 2.25. The standard InChI is InChI=1S/C16H16ClN5O3S/c1-20-13-12(14(24)21(2)16(20)25)22(15(19-13)26-8-11(18)23)7-9-4-3-5-10(17)6-9/h3-6H,7-8H2,1-2H3,(H2,18,23). The van der Waals surface area contributed by atoms with E-state index in [2.05, 4.69) is 4.98 Å². The number of aromatic nitrogens is 4. The minimum Gasteiger partial charge on any atom is -0.369 e. The van der Waals surface area contributed by atoms with Crippen LogP contribution < -0.4 is 17.0 Å². The molecule has 0 aliphatic carbocycles. The second-order valence-electron chi connectivity index (χ2n) is 5.74. The molecule has 0 saturated carbocycles. The molecule has 0 saturated heterocycles. The number of aryl methyl sites for hydroxylation is 1. The van der Waals surface area contributed by atoms with E-state index >= 15 is 0 Å². The van der Waals surface area contributed by atoms with Gasteiger partial charge in [-0.3, -0.25) is 18.7 Å². The van der Waals surface area contributed by atoms with Crippen LogP contribution in [-0.2, 0) is 25.4 Å². The zero-order chi connectivity index (χ0) is 19.0. The number of hydrogen-bond donors (Lipinski definition) is 1. The van der Waals surface area contributed by atoms with Crippen molar-refractivity contribution < 1.29 is 4.79 Å². The number of imidazole rings is 1. The van der Waals surface area contributed by atoms with Crippen LogP contribution in [0.1, 0.15) is 5.56 Å². The Bertz CT molecular complexity index is 1130. The second-order valence-corrected chi connectivity index (χ2v) is 7.12. The molecule has 136 valence electrons. The molecule has 2 heterocycles. The van der Waals surface area contributed by atoms with Crippen molar-refractivity contribution in [1.29, 1.82) is 0 Å². The van der Waals surface area contributed by atoms with Crippen LogP contribution in [0.4, 0.5) is 0 Å². The molecule has 0 aliphatic rings. The third-order valence-corrected chi connectivity index (χ3v) is 5.12. The molecule has 0 spiro atoms. The van der Waals surface area contributed by atoms with Gasteiger partial charge < -0.3 is 10.3 Å². The van der Waals surface area contributed by atoms with Crippen molar-refractivity contribution in [2.45, 2.75) is 11.7 Å². The molecular weight excluding hydrogens is 378 g/mol. The average Bonchev–Trinajstić information content (AvgIpc) is 2.95. The number of halogens is 1. The molecule has 0 unspecified atom stereocenters. The second kappa shape index (κ2) is 7.00. The monoisotopic (exact) mass is 393 g/mol. The molecule has 0 bridgehead atoms. The van der Waals surface area contributed by atoms with Crippen molar-refractivity contribution in [3.8, 4) is 0 Å². The fourth-order valence-corrected chi connectivity index (χ4v) is 3.58. The molecule has 26 heavy (non-hydrogen) atoms. The first-order valence-corrected chi connectivity index (χ1v) is 8.97. The van der Waals surface area contributed by atoms with E-state index in [-0.39, 0.29) is 16.9 Å². The van der Waals surface area contributed by atoms with Crippen LogP contribution in [0, 0.1) is 0 Å². The zero-order valence-corrected chi connectivity index (χ0v) is 15.7. The van der Waals surface area contributed by atoms with E-state index in [1.807, 2.05) is 6.07 Å². The first-order valence-electron chi connectivity index (χ1n) is 7.61. The minimum absolute atomic E-state index is 0.00707. The molecule has 8 nitrogen and oxygen atoms in total. The molecule has 1 aromatic carbocycles. The maximum absolute atomic E-state index is 12.7. The number of primary amides is 1. The number of hydrogen-bond acceptors (Lipinski definition) is 5. The lowest BCUT2D eigenvalue weighted by Gasteiger charge is -2.09. The summed E-state index contributed by atoms with van der Waals surface area (Å²) in [5.74, 6) is -0.495. The van der Waals surface area contributed by atoms with Gasteiger partial charge in [-0.05, 0) is 17.7 Å². The molecule has 2 aromatic heterocycles. The Labute approximate surface area is 157 Å². The van der Waals surface area contributed by atoms with E-state index in [9.17, 15) is 14.4 Å². The van der Waals surface area contributed by atoms with E-state index in [1.54, 1.807) is 29.8 Å². The lowest BCUT2D eigenvalue weighted by molar-refractivity contribution is -0.115. The normalized spacial score (nSPS) is 11.2. The maximum Gasteiger partial charge on any atom is 0.332 e. The van der Waals surface area contributed by atoms with Gasteiger partial charge in [-0.2, -0.15) is 0 Å². The van der Waals surface area contributed by atoms with Crippen LogP contribution in [0.5, 0.6) is 0 Å². The number of benzene rings is 1. The molecule has 3 aromatic rings. The number of nitrogens with zero attached hydrogens (tertiary/aromatic N) is 4. The molecule has 0 fully saturated rings. The van der Waals surface area contributed by atoms with Crippen LogP contribution >= 0.6 is 23.4 Å². The van der Waals surface area contributed by atoms with Gasteiger partial charge >= 0.3 is 5.69 Å². The highest BCUT2D eigenvalue weighted by Crippen LogP contribution is 2.23. The van der Waals surface area contributed by atoms with E-state index in [0.29, 0.717) is 16.7 Å². The van der Waals surface area contributed by atoms with Gasteiger partial charge in [0.05, 0.1) is 12.3 Å². The maximum atomic E-state index is 12.7. The van der Waals surface area contributed by atoms with Gasteiger partial charge in [-0.1, -0.05) is 35.5 Å². The van der Waals surface area contributed by atoms with Crippen LogP contribution in [0.3, 0.4) is 0 Å². The number of rotatable bonds is 5. The number of carbonyl (C=O) groups is 1. The average molecular weight is 394 g/mol. The van der Waals surface area contributed by atoms with Crippen molar-refractivity contribution in [2.75, 3.05) is 5.75 Å². The smallest absolute Gasteiger partial charge is 0.332 e. The van der Waals surface area contributed by atoms with Crippen molar-refractivity contribution in [1.82, 2.24) is 18.7 Å². The van der Waals surface area contributed by atoms with Gasteiger partial charge in [0.2, 0.25) is 5.91 Å². The summed E-state index contributed by atoms with van der Waals surface area (Å²) in [6.07, 6.45) is 0. The van der Waals surface area contributed by atoms with Crippen molar-refractivity contribution in [3.05, 3.63) is 55.7 Å². The van der Waals surface area contributed by atoms with Gasteiger partial charge in [-0.25, -0.2) is 9.78 Å². The third kappa shape index (κ3) is 3.27. The van der Waals surface area contributed by atoms with Crippen LogP contribution in [0.15, 0.2) is 39.0 Å². The Kier molecular flexibility index (Phi) is 4.92. The topological polar surface area (TPSA) is 105 Å². The van der Waals surface area contributed by atoms with Crippen molar-refractivity contribution in [3.63, 3.8) is 0 Å². The predicted octanol–water partition coefficient (Wildman–Crippen LogP) is 0.713. The van der Waals surface area contributed by atoms with E-state index < -0.39 is 17.2 Å². The highest BCUT2D eigenvalue weighted by molar-refractivity contribution is 7.99. The molecule has 2 N–H and O–H groups in total. The summed E-state index contributed by atoms with van der Waals surface area (Å²) >= 11 is 7.16. The number of amides is 1. The summed E-state index contributed by atoms with van der Waals surface area (Å²) in [7, 11) is 2.96. The zero-order valence-electron chi connectivity index (χ0n) is 14.1. The van der Waals surface area contributed by atoms with Gasteiger partial charge in [-0.15, -0.1) is 0 Å². The fourth-order valence-electron chi connectivity index (χ4n) is 2.64. The summed E-state index contributed by atoms with van der Waals surface area (Å²) < 4.78 is 4.01. The third-order valence-electron chi connectivity index (χ3n) is 3.89. The lowest BCUT2D eigenvalue weighted by atomic mass is 10.2. The van der Waals surface area contributed by atoms with Crippen molar-refractivity contribution >= 4 is 40.4 Å². The molecule has 0 aliphatic heterocycles. The Morgan fingerprint density at radius 3 is 2.65 bits per heavy atom. The summed E-state index contributed by atoms with van der Waals surface area (Å²) in [5, 5.41) is 0.996. The molecule has 0 radical (unpaired) electrons. The highest BCUT2D eigenvalue weighted by atomic mass is 35.5. The van der Waals surface area contributed by atoms with Gasteiger partial charge in [0.15, 0.2) is 16.3 Å². The van der Waals surface area contributed by atoms with Crippen LogP contribution in [-0.4, -0.2) is 30.3 Å². The summed E-state index contributed by atoms with van der Waals surface area (Å²) in [6.45, 7) is 0.311. The molecule has 0 atom stereocenters. The summed E-state index contributed by atoms with van der Waals surface area (Å²) in [6, 6.07) is 7.21. The number of fused-ring (bicyclic) bond motifs is 1. The Morgan fingerprint density at radius 2 is 2.00 bits per heavy atom. The summed E-state index contributed by atoms with van der Waals surface area (Å²) in [5.41, 5.74) is 5.69. The number of thioether (sulfide) groups is 1. The molecule has 1 amide bonds. The van der Waals surface area contributed by atoms with Crippen LogP contribution in [0.25, 0.3) is 11.2 Å². The van der Waals surface area contributed by atoms with Crippen molar-refractivity contribution in [2.24, 2.45) is 19.8 Å². The first kappa shape index (κ1) is 18.3. The lowest BCUT2D eigenvalue weighted by Crippen LogP contribution is -2.37. The quantitative estimate of drug-likeness (QED) is 0.643. The fraction of sp³-hybridized carbons (Fsp3) is 0.250. The first-order chi connectivity index (χ1) is 12.3. The molecular formula is C16H16ClN5O3S. The number of nitrogens with two attached hydrogens (primary N) is 1. The van der Waals surface area contributed by atoms with Crippen LogP contribution in [0.2, 0.25) is 5.02 Å². The SMILES string of the molecule is Cn1c(=O)c2c(nc(SCC(N)=O)n2Cc2cccc(Cl)c2)n(C)c1=O. The largest absolute Gasteiger partial charge is 0.369 e. The van der Waals surface area contributed by atoms with Gasteiger partial charge in [0.25, 0.3) is 5.56 Å².